The van der Waals surface area contributed by atoms with E-state index < -0.39 is 0 Å². The quantitative estimate of drug-likeness (QED) is 0.356. The van der Waals surface area contributed by atoms with Crippen LogP contribution in [0.5, 0.6) is 0 Å². The van der Waals surface area contributed by atoms with E-state index in [1.165, 1.54) is 0 Å². The van der Waals surface area contributed by atoms with Crippen molar-refractivity contribution < 1.29 is 51.4 Å². The van der Waals surface area contributed by atoms with Crippen molar-refractivity contribution in [3.8, 4) is 0 Å². The van der Waals surface area contributed by atoms with Gasteiger partial charge in [0.15, 0.2) is 0 Å². The predicted molar refractivity (Wildman–Crippen MR) is 14.2 cm³/mol. The molecule has 0 heterocycles. The van der Waals surface area contributed by atoms with Gasteiger partial charge in [0.25, 0.3) is 0 Å². The van der Waals surface area contributed by atoms with E-state index in [2.05, 4.69) is 0 Å². The van der Waals surface area contributed by atoms with Crippen LogP contribution in [0.1, 0.15) is 0 Å². The molecule has 0 saturated heterocycles. The molecule has 0 rings (SSSR count). The second-order valence-electron chi connectivity index (χ2n) is 0. The summed E-state index contributed by atoms with van der Waals surface area (Å²) in [6, 6.07) is 0. The van der Waals surface area contributed by atoms with Crippen molar-refractivity contribution in [2.75, 3.05) is 0 Å². The fourth-order valence-electron chi connectivity index (χ4n) is 0. The zero-order valence-corrected chi connectivity index (χ0v) is 4.61. The molecule has 0 aliphatic rings. The van der Waals surface area contributed by atoms with Crippen molar-refractivity contribution in [1.82, 2.24) is 0 Å². The Morgan fingerprint density at radius 1 is 0.571 bits per heavy atom. The standard InChI is InChI=1S/4H2O.2O.V/h4*1H2;;;/q;;;;2*-2;/p-1. The van der Waals surface area contributed by atoms with Crippen LogP contribution in [0, 0.1) is 0 Å². The second-order valence-corrected chi connectivity index (χ2v) is 0. The Morgan fingerprint density at radius 3 is 0.571 bits per heavy atom. The largest absolute Gasteiger partial charge is 2.00 e. The summed E-state index contributed by atoms with van der Waals surface area (Å²) in [5, 5.41) is 0. The van der Waals surface area contributed by atoms with Crippen molar-refractivity contribution in [3.05, 3.63) is 0 Å². The first kappa shape index (κ1) is 2490. The normalized spacial score (nSPS) is 0. The SMILES string of the molecule is O.O.O.[O-2].[O-2].[OH-].[V]. The van der Waals surface area contributed by atoms with Crippen LogP contribution < -0.4 is 0 Å². The van der Waals surface area contributed by atoms with Crippen molar-refractivity contribution in [3.63, 3.8) is 0 Å². The number of rotatable bonds is 0. The fraction of sp³-hybridized carbons (Fsp3) is 0. The first-order valence-electron chi connectivity index (χ1n) is 0. The van der Waals surface area contributed by atoms with Crippen LogP contribution >= 0.6 is 0 Å². The minimum atomic E-state index is 0. The van der Waals surface area contributed by atoms with Gasteiger partial charge in [0.1, 0.15) is 0 Å². The molecular weight excluding hydrogens is 147 g/mol. The van der Waals surface area contributed by atoms with Crippen LogP contribution in [0.15, 0.2) is 0 Å². The molecular formula is H7O6V-5. The molecule has 0 atom stereocenters. The maximum Gasteiger partial charge on any atom is 0 e. The molecule has 7 heavy (non-hydrogen) atoms. The molecule has 7 N–H and O–H groups in total. The molecule has 0 fully saturated rings. The van der Waals surface area contributed by atoms with Gasteiger partial charge >= 0.3 is 0 Å². The maximum absolute atomic E-state index is 0. The van der Waals surface area contributed by atoms with Crippen LogP contribution in [0.4, 0.5) is 0 Å². The molecule has 0 aliphatic carbocycles. The van der Waals surface area contributed by atoms with Crippen LogP contribution in [0.3, 0.4) is 0 Å². The summed E-state index contributed by atoms with van der Waals surface area (Å²) in [6.45, 7) is 0. The Balaban J connectivity index is 0. The molecule has 0 saturated carbocycles. The number of hydrogen-bond donors (Lipinski definition) is 0. The molecule has 1 radical (unpaired) electrons. The maximum atomic E-state index is 0. The molecule has 0 bridgehead atoms. The van der Waals surface area contributed by atoms with E-state index in [0.717, 1.165) is 0 Å². The molecule has 0 aliphatic heterocycles. The third kappa shape index (κ3) is 1010. The summed E-state index contributed by atoms with van der Waals surface area (Å²) in [6.07, 6.45) is 0. The second kappa shape index (κ2) is 1530. The van der Waals surface area contributed by atoms with E-state index >= 15 is 0 Å². The summed E-state index contributed by atoms with van der Waals surface area (Å²) in [4.78, 5) is 0. The van der Waals surface area contributed by atoms with E-state index in [4.69, 9.17) is 0 Å². The van der Waals surface area contributed by atoms with Gasteiger partial charge in [0, 0.05) is 18.6 Å². The van der Waals surface area contributed by atoms with Crippen LogP contribution in [0.25, 0.3) is 0 Å². The minimum Gasteiger partial charge on any atom is -2.00 e. The molecule has 0 aromatic carbocycles. The van der Waals surface area contributed by atoms with E-state index in [1.807, 2.05) is 0 Å². The molecule has 0 amide bonds. The van der Waals surface area contributed by atoms with E-state index in [-0.39, 0.29) is 51.4 Å². The van der Waals surface area contributed by atoms with E-state index in [1.54, 1.807) is 0 Å². The van der Waals surface area contributed by atoms with Crippen LogP contribution in [-0.4, -0.2) is 21.9 Å². The zero-order chi connectivity index (χ0) is 0. The Kier molecular flexibility index (Phi) is 544000. The third-order valence-electron chi connectivity index (χ3n) is 0. The third-order valence-corrected chi connectivity index (χ3v) is 0. The molecule has 7 heteroatoms. The summed E-state index contributed by atoms with van der Waals surface area (Å²) >= 11 is 0. The van der Waals surface area contributed by atoms with Gasteiger partial charge in [0.05, 0.1) is 0 Å². The van der Waals surface area contributed by atoms with E-state index in [0.29, 0.717) is 0 Å². The first-order valence-corrected chi connectivity index (χ1v) is 0. The Hall–Kier alpha value is 0.344. The minimum absolute atomic E-state index is 0. The van der Waals surface area contributed by atoms with Gasteiger partial charge in [-0.25, -0.2) is 0 Å². The van der Waals surface area contributed by atoms with Gasteiger partial charge in [-0.2, -0.15) is 0 Å². The Labute approximate surface area is 52.3 Å². The molecule has 0 aromatic rings. The van der Waals surface area contributed by atoms with Crippen molar-refractivity contribution in [2.45, 2.75) is 0 Å². The first-order chi connectivity index (χ1) is 0. The number of hydrogen-bond acceptors (Lipinski definition) is 1. The van der Waals surface area contributed by atoms with Gasteiger partial charge in [0.2, 0.25) is 0 Å². The fourth-order valence-corrected chi connectivity index (χ4v) is 0. The smallest absolute Gasteiger partial charge is 0 e. The Morgan fingerprint density at radius 2 is 0.571 bits per heavy atom. The van der Waals surface area contributed by atoms with Gasteiger partial charge in [-0.05, 0) is 0 Å². The van der Waals surface area contributed by atoms with Crippen molar-refractivity contribution >= 4 is 0 Å². The zero-order valence-electron chi connectivity index (χ0n) is 3.21. The van der Waals surface area contributed by atoms with Gasteiger partial charge < -0.3 is 32.9 Å². The molecule has 0 aromatic heterocycles. The predicted octanol–water partition coefficient (Wildman–Crippen LogP) is -2.89. The summed E-state index contributed by atoms with van der Waals surface area (Å²) in [5.41, 5.74) is 0. The van der Waals surface area contributed by atoms with Crippen molar-refractivity contribution in [1.29, 1.82) is 0 Å². The van der Waals surface area contributed by atoms with Gasteiger partial charge in [-0.1, -0.05) is 0 Å². The molecule has 53 valence electrons. The van der Waals surface area contributed by atoms with Gasteiger partial charge in [-0.15, -0.1) is 0 Å². The summed E-state index contributed by atoms with van der Waals surface area (Å²) in [7, 11) is 0. The Bertz CT molecular complexity index is 4.14. The summed E-state index contributed by atoms with van der Waals surface area (Å²) in [5.74, 6) is 0. The average molecular weight is 154 g/mol. The molecule has 6 nitrogen and oxygen atoms in total. The summed E-state index contributed by atoms with van der Waals surface area (Å²) < 4.78 is 0. The van der Waals surface area contributed by atoms with Crippen molar-refractivity contribution in [2.24, 2.45) is 0 Å². The molecule has 0 unspecified atom stereocenters. The van der Waals surface area contributed by atoms with E-state index in [9.17, 15) is 0 Å². The van der Waals surface area contributed by atoms with Gasteiger partial charge in [-0.3, -0.25) is 0 Å². The van der Waals surface area contributed by atoms with Crippen LogP contribution in [-0.2, 0) is 29.5 Å². The monoisotopic (exact) mass is 154 g/mol. The molecule has 0 spiro atoms. The topological polar surface area (TPSA) is 182 Å². The average Bonchev–Trinajstić information content (AvgIpc) is 0. The van der Waals surface area contributed by atoms with Crippen LogP contribution in [0.2, 0.25) is 0 Å².